The van der Waals surface area contributed by atoms with E-state index in [4.69, 9.17) is 20.9 Å². The number of nitrogens with zero attached hydrogens (tertiary/aromatic N) is 2. The van der Waals surface area contributed by atoms with Gasteiger partial charge in [0.1, 0.15) is 5.75 Å². The zero-order valence-corrected chi connectivity index (χ0v) is 13.6. The Kier molecular flexibility index (Phi) is 4.77. The molecular weight excluding hydrogens is 330 g/mol. The third-order valence-corrected chi connectivity index (χ3v) is 3.57. The Morgan fingerprint density at radius 3 is 2.54 bits per heavy atom. The van der Waals surface area contributed by atoms with Crippen molar-refractivity contribution < 1.29 is 14.1 Å². The van der Waals surface area contributed by atoms with Gasteiger partial charge in [-0.25, -0.2) is 0 Å². The van der Waals surface area contributed by atoms with Gasteiger partial charge in [-0.15, -0.1) is 0 Å². The summed E-state index contributed by atoms with van der Waals surface area (Å²) in [6.45, 7) is 0.168. The van der Waals surface area contributed by atoms with Crippen LogP contribution < -0.4 is 10.1 Å². The summed E-state index contributed by atoms with van der Waals surface area (Å²) >= 11 is 5.80. The van der Waals surface area contributed by atoms with E-state index in [0.717, 1.165) is 11.3 Å². The van der Waals surface area contributed by atoms with Gasteiger partial charge >= 0.3 is 0 Å². The molecule has 0 saturated carbocycles. The van der Waals surface area contributed by atoms with Crippen molar-refractivity contribution in [2.45, 2.75) is 6.54 Å². The van der Waals surface area contributed by atoms with E-state index >= 15 is 0 Å². The van der Waals surface area contributed by atoms with Crippen molar-refractivity contribution in [3.05, 3.63) is 64.9 Å². The Bertz CT molecular complexity index is 829. The molecule has 1 N–H and O–H groups in total. The van der Waals surface area contributed by atoms with Crippen molar-refractivity contribution in [3.63, 3.8) is 0 Å². The number of rotatable bonds is 5. The lowest BCUT2D eigenvalue weighted by molar-refractivity contribution is 0.0949. The van der Waals surface area contributed by atoms with Gasteiger partial charge in [0.2, 0.25) is 0 Å². The van der Waals surface area contributed by atoms with E-state index in [1.807, 2.05) is 24.3 Å². The van der Waals surface area contributed by atoms with Gasteiger partial charge in [0.15, 0.2) is 5.82 Å². The zero-order chi connectivity index (χ0) is 16.9. The Hall–Kier alpha value is -2.86. The Labute approximate surface area is 143 Å². The molecule has 1 amide bonds. The van der Waals surface area contributed by atoms with E-state index in [-0.39, 0.29) is 12.5 Å². The summed E-state index contributed by atoms with van der Waals surface area (Å²) in [5.41, 5.74) is 1.29. The average molecular weight is 344 g/mol. The largest absolute Gasteiger partial charge is 0.497 e. The van der Waals surface area contributed by atoms with Crippen LogP contribution in [0.25, 0.3) is 11.5 Å². The van der Waals surface area contributed by atoms with Crippen LogP contribution in [0.1, 0.15) is 16.2 Å². The van der Waals surface area contributed by atoms with E-state index in [2.05, 4.69) is 15.5 Å². The fourth-order valence-electron chi connectivity index (χ4n) is 2.04. The maximum absolute atomic E-state index is 12.0. The Morgan fingerprint density at radius 2 is 1.88 bits per heavy atom. The van der Waals surface area contributed by atoms with Crippen molar-refractivity contribution >= 4 is 17.5 Å². The van der Waals surface area contributed by atoms with Gasteiger partial charge in [-0.3, -0.25) is 4.79 Å². The van der Waals surface area contributed by atoms with Gasteiger partial charge in [0.25, 0.3) is 11.8 Å². The van der Waals surface area contributed by atoms with Gasteiger partial charge in [0.05, 0.1) is 13.7 Å². The minimum absolute atomic E-state index is 0.168. The summed E-state index contributed by atoms with van der Waals surface area (Å²) in [6.07, 6.45) is 0. The topological polar surface area (TPSA) is 77.2 Å². The smallest absolute Gasteiger partial charge is 0.257 e. The minimum atomic E-state index is -0.234. The molecular formula is C17H14ClN3O3. The number of hydrogen-bond donors (Lipinski definition) is 1. The van der Waals surface area contributed by atoms with Crippen LogP contribution in [-0.4, -0.2) is 23.2 Å². The van der Waals surface area contributed by atoms with Gasteiger partial charge < -0.3 is 14.6 Å². The molecule has 0 spiro atoms. The second-order valence-corrected chi connectivity index (χ2v) is 5.37. The molecule has 1 heterocycles. The number of nitrogens with one attached hydrogen (secondary N) is 1. The predicted molar refractivity (Wildman–Crippen MR) is 88.9 cm³/mol. The number of aromatic nitrogens is 2. The Balaban J connectivity index is 1.63. The molecule has 24 heavy (non-hydrogen) atoms. The molecule has 0 bridgehead atoms. The fourth-order valence-corrected chi connectivity index (χ4v) is 2.17. The highest BCUT2D eigenvalue weighted by Crippen LogP contribution is 2.20. The third-order valence-electron chi connectivity index (χ3n) is 3.32. The molecule has 0 aliphatic carbocycles. The quantitative estimate of drug-likeness (QED) is 0.768. The standard InChI is InChI=1S/C17H14ClN3O3/c1-23-14-8-4-12(5-9-14)17-20-15(21-24-17)10-19-16(22)11-2-6-13(18)7-3-11/h2-9H,10H2,1H3,(H,19,22). The van der Waals surface area contributed by atoms with E-state index < -0.39 is 0 Å². The molecule has 0 aliphatic heterocycles. The zero-order valence-electron chi connectivity index (χ0n) is 12.8. The van der Waals surface area contributed by atoms with Gasteiger partial charge in [-0.2, -0.15) is 4.98 Å². The number of carbonyl (C=O) groups is 1. The first-order valence-corrected chi connectivity index (χ1v) is 7.54. The van der Waals surface area contributed by atoms with Gasteiger partial charge in [-0.1, -0.05) is 16.8 Å². The first kappa shape index (κ1) is 16.0. The van der Waals surface area contributed by atoms with Crippen LogP contribution in [0, 0.1) is 0 Å². The van der Waals surface area contributed by atoms with Crippen LogP contribution in [0.3, 0.4) is 0 Å². The molecule has 3 aromatic rings. The summed E-state index contributed by atoms with van der Waals surface area (Å²) in [6, 6.07) is 13.9. The van der Waals surface area contributed by atoms with Crippen LogP contribution in [0.4, 0.5) is 0 Å². The van der Waals surface area contributed by atoms with Gasteiger partial charge in [-0.05, 0) is 48.5 Å². The number of benzene rings is 2. The lowest BCUT2D eigenvalue weighted by atomic mass is 10.2. The lowest BCUT2D eigenvalue weighted by Crippen LogP contribution is -2.23. The van der Waals surface area contributed by atoms with Crippen LogP contribution in [0.15, 0.2) is 53.1 Å². The fraction of sp³-hybridized carbons (Fsp3) is 0.118. The molecule has 0 saturated heterocycles. The summed E-state index contributed by atoms with van der Waals surface area (Å²) in [7, 11) is 1.60. The summed E-state index contributed by atoms with van der Waals surface area (Å²) in [4.78, 5) is 16.3. The van der Waals surface area contributed by atoms with Crippen LogP contribution in [-0.2, 0) is 6.54 Å². The van der Waals surface area contributed by atoms with Crippen molar-refractivity contribution in [1.82, 2.24) is 15.5 Å². The second-order valence-electron chi connectivity index (χ2n) is 4.93. The molecule has 7 heteroatoms. The van der Waals surface area contributed by atoms with Crippen LogP contribution >= 0.6 is 11.6 Å². The highest BCUT2D eigenvalue weighted by atomic mass is 35.5. The molecule has 2 aromatic carbocycles. The van der Waals surface area contributed by atoms with Crippen molar-refractivity contribution in [2.24, 2.45) is 0 Å². The van der Waals surface area contributed by atoms with E-state index in [0.29, 0.717) is 22.3 Å². The lowest BCUT2D eigenvalue weighted by Gasteiger charge is -2.02. The first-order chi connectivity index (χ1) is 11.7. The maximum Gasteiger partial charge on any atom is 0.257 e. The maximum atomic E-state index is 12.0. The average Bonchev–Trinajstić information content (AvgIpc) is 3.09. The van der Waals surface area contributed by atoms with Crippen LogP contribution in [0.2, 0.25) is 5.02 Å². The minimum Gasteiger partial charge on any atom is -0.497 e. The van der Waals surface area contributed by atoms with E-state index in [1.165, 1.54) is 0 Å². The molecule has 0 radical (unpaired) electrons. The number of methoxy groups -OCH3 is 1. The van der Waals surface area contributed by atoms with Crippen LogP contribution in [0.5, 0.6) is 5.75 Å². The monoisotopic (exact) mass is 343 g/mol. The summed E-state index contributed by atoms with van der Waals surface area (Å²) in [5, 5.41) is 7.17. The molecule has 0 aliphatic rings. The SMILES string of the molecule is COc1ccc(-c2nc(CNC(=O)c3ccc(Cl)cc3)no2)cc1. The number of carbonyl (C=O) groups excluding carboxylic acids is 1. The van der Waals surface area contributed by atoms with E-state index in [9.17, 15) is 4.79 Å². The third kappa shape index (κ3) is 3.72. The van der Waals surface area contributed by atoms with Crippen molar-refractivity contribution in [1.29, 1.82) is 0 Å². The predicted octanol–water partition coefficient (Wildman–Crippen LogP) is 3.33. The summed E-state index contributed by atoms with van der Waals surface area (Å²) in [5.74, 6) is 1.28. The normalized spacial score (nSPS) is 10.4. The number of hydrogen-bond acceptors (Lipinski definition) is 5. The van der Waals surface area contributed by atoms with E-state index in [1.54, 1.807) is 31.4 Å². The molecule has 0 unspecified atom stereocenters. The first-order valence-electron chi connectivity index (χ1n) is 7.16. The molecule has 1 aromatic heterocycles. The highest BCUT2D eigenvalue weighted by molar-refractivity contribution is 6.30. The number of amides is 1. The molecule has 0 atom stereocenters. The van der Waals surface area contributed by atoms with Gasteiger partial charge in [0, 0.05) is 16.1 Å². The number of halogens is 1. The molecule has 0 fully saturated rings. The van der Waals surface area contributed by atoms with Crippen molar-refractivity contribution in [2.75, 3.05) is 7.11 Å². The highest BCUT2D eigenvalue weighted by Gasteiger charge is 2.11. The van der Waals surface area contributed by atoms with Crippen molar-refractivity contribution in [3.8, 4) is 17.2 Å². The molecule has 6 nitrogen and oxygen atoms in total. The molecule has 3 rings (SSSR count). The number of ether oxygens (including phenoxy) is 1. The summed E-state index contributed by atoms with van der Waals surface area (Å²) < 4.78 is 10.3. The molecule has 122 valence electrons. The second kappa shape index (κ2) is 7.14. The Morgan fingerprint density at radius 1 is 1.17 bits per heavy atom.